The maximum Gasteiger partial charge on any atom is 0.253 e. The average molecular weight is 413 g/mol. The molecule has 1 saturated heterocycles. The SMILES string of the molecule is O=C(c1ccc2c(c1)C1C=CCC1C(c1ccc(Cl)cc1Cl)N2)N1CCCC1. The summed E-state index contributed by atoms with van der Waals surface area (Å²) in [6, 6.07) is 11.9. The standard InChI is InChI=1S/C23H22Cl2N2O/c24-15-7-8-18(20(25)13-15)22-17-5-3-4-16(17)19-12-14(6-9-21(19)26-22)23(28)27-10-1-2-11-27/h3-4,6-9,12-13,16-17,22,26H,1-2,5,10-11H2. The molecule has 1 N–H and O–H groups in total. The molecule has 5 rings (SSSR count). The molecule has 1 amide bonds. The minimum atomic E-state index is 0.123. The van der Waals surface area contributed by atoms with Gasteiger partial charge in [0, 0.05) is 40.3 Å². The minimum absolute atomic E-state index is 0.123. The van der Waals surface area contributed by atoms with E-state index in [0.29, 0.717) is 21.9 Å². The van der Waals surface area contributed by atoms with Gasteiger partial charge in [0.25, 0.3) is 5.91 Å². The molecule has 0 spiro atoms. The molecule has 3 unspecified atom stereocenters. The Kier molecular flexibility index (Phi) is 4.60. The number of anilines is 1. The van der Waals surface area contributed by atoms with Crippen LogP contribution >= 0.6 is 23.2 Å². The van der Waals surface area contributed by atoms with E-state index in [-0.39, 0.29) is 11.9 Å². The molecule has 3 atom stereocenters. The second-order valence-electron chi connectivity index (χ2n) is 7.94. The van der Waals surface area contributed by atoms with Gasteiger partial charge in [0.05, 0.1) is 6.04 Å². The predicted octanol–water partition coefficient (Wildman–Crippen LogP) is 6.06. The van der Waals surface area contributed by atoms with Crippen LogP contribution in [0.4, 0.5) is 5.69 Å². The van der Waals surface area contributed by atoms with E-state index >= 15 is 0 Å². The molecule has 3 aliphatic rings. The lowest BCUT2D eigenvalue weighted by atomic mass is 9.76. The van der Waals surface area contributed by atoms with Crippen LogP contribution in [0.5, 0.6) is 0 Å². The number of benzene rings is 2. The fourth-order valence-corrected chi connectivity index (χ4v) is 5.42. The third kappa shape index (κ3) is 3.01. The molecule has 0 radical (unpaired) electrons. The molecule has 144 valence electrons. The zero-order chi connectivity index (χ0) is 19.3. The third-order valence-corrected chi connectivity index (χ3v) is 6.86. The third-order valence-electron chi connectivity index (χ3n) is 6.30. The van der Waals surface area contributed by atoms with E-state index in [9.17, 15) is 4.79 Å². The topological polar surface area (TPSA) is 32.3 Å². The van der Waals surface area contributed by atoms with E-state index in [1.54, 1.807) is 0 Å². The molecule has 2 aromatic carbocycles. The van der Waals surface area contributed by atoms with Crippen molar-refractivity contribution in [3.63, 3.8) is 0 Å². The van der Waals surface area contributed by atoms with Crippen LogP contribution in [-0.2, 0) is 0 Å². The summed E-state index contributed by atoms with van der Waals surface area (Å²) in [5.74, 6) is 0.823. The molecule has 1 fully saturated rings. The summed E-state index contributed by atoms with van der Waals surface area (Å²) in [7, 11) is 0. The van der Waals surface area contributed by atoms with Gasteiger partial charge >= 0.3 is 0 Å². The highest BCUT2D eigenvalue weighted by atomic mass is 35.5. The molecular weight excluding hydrogens is 391 g/mol. The van der Waals surface area contributed by atoms with Crippen molar-refractivity contribution >= 4 is 34.8 Å². The maximum absolute atomic E-state index is 12.8. The quantitative estimate of drug-likeness (QED) is 0.608. The van der Waals surface area contributed by atoms with Crippen LogP contribution in [0.3, 0.4) is 0 Å². The zero-order valence-corrected chi connectivity index (χ0v) is 17.0. The lowest BCUT2D eigenvalue weighted by Crippen LogP contribution is -2.31. The van der Waals surface area contributed by atoms with Crippen LogP contribution < -0.4 is 5.32 Å². The second kappa shape index (κ2) is 7.13. The Morgan fingerprint density at radius 3 is 2.64 bits per heavy atom. The van der Waals surface area contributed by atoms with Gasteiger partial charge in [0.15, 0.2) is 0 Å². The molecule has 0 bridgehead atoms. The second-order valence-corrected chi connectivity index (χ2v) is 8.79. The number of rotatable bonds is 2. The number of halogens is 2. The van der Waals surface area contributed by atoms with Crippen LogP contribution in [0.2, 0.25) is 10.0 Å². The van der Waals surface area contributed by atoms with Crippen LogP contribution in [0.1, 0.15) is 52.7 Å². The number of carbonyl (C=O) groups excluding carboxylic acids is 1. The van der Waals surface area contributed by atoms with E-state index in [2.05, 4.69) is 29.6 Å². The molecular formula is C23H22Cl2N2O. The van der Waals surface area contributed by atoms with E-state index in [1.165, 1.54) is 5.56 Å². The van der Waals surface area contributed by atoms with Gasteiger partial charge in [0.2, 0.25) is 0 Å². The monoisotopic (exact) mass is 412 g/mol. The van der Waals surface area contributed by atoms with Crippen LogP contribution in [-0.4, -0.2) is 23.9 Å². The van der Waals surface area contributed by atoms with E-state index < -0.39 is 0 Å². The zero-order valence-electron chi connectivity index (χ0n) is 15.5. The van der Waals surface area contributed by atoms with Gasteiger partial charge in [0.1, 0.15) is 0 Å². The fourth-order valence-electron chi connectivity index (χ4n) is 4.89. The number of fused-ring (bicyclic) bond motifs is 3. The van der Waals surface area contributed by atoms with Crippen molar-refractivity contribution in [1.29, 1.82) is 0 Å². The Morgan fingerprint density at radius 1 is 1.04 bits per heavy atom. The molecule has 5 heteroatoms. The first-order valence-corrected chi connectivity index (χ1v) is 10.7. The summed E-state index contributed by atoms with van der Waals surface area (Å²) >= 11 is 12.6. The smallest absolute Gasteiger partial charge is 0.253 e. The highest BCUT2D eigenvalue weighted by Gasteiger charge is 2.39. The van der Waals surface area contributed by atoms with Crippen molar-refractivity contribution in [2.24, 2.45) is 5.92 Å². The summed E-state index contributed by atoms with van der Waals surface area (Å²) in [5, 5.41) is 5.03. The summed E-state index contributed by atoms with van der Waals surface area (Å²) in [4.78, 5) is 14.8. The number of hydrogen-bond donors (Lipinski definition) is 1. The Labute approximate surface area is 175 Å². The van der Waals surface area contributed by atoms with Crippen molar-refractivity contribution in [3.05, 3.63) is 75.3 Å². The first kappa shape index (κ1) is 18.1. The molecule has 2 heterocycles. The van der Waals surface area contributed by atoms with Crippen molar-refractivity contribution in [3.8, 4) is 0 Å². The molecule has 28 heavy (non-hydrogen) atoms. The number of allylic oxidation sites excluding steroid dienone is 2. The Bertz CT molecular complexity index is 965. The number of nitrogens with zero attached hydrogens (tertiary/aromatic N) is 1. The highest BCUT2D eigenvalue weighted by molar-refractivity contribution is 6.35. The summed E-state index contributed by atoms with van der Waals surface area (Å²) < 4.78 is 0. The van der Waals surface area contributed by atoms with Gasteiger partial charge in [-0.05, 0) is 66.6 Å². The number of hydrogen-bond acceptors (Lipinski definition) is 2. The average Bonchev–Trinajstić information content (AvgIpc) is 3.39. The lowest BCUT2D eigenvalue weighted by Gasteiger charge is -2.38. The van der Waals surface area contributed by atoms with Gasteiger partial charge in [-0.15, -0.1) is 0 Å². The Balaban J connectivity index is 1.51. The van der Waals surface area contributed by atoms with Gasteiger partial charge < -0.3 is 10.2 Å². The molecule has 2 aliphatic heterocycles. The summed E-state index contributed by atoms with van der Waals surface area (Å²) in [6.07, 6.45) is 7.73. The predicted molar refractivity (Wildman–Crippen MR) is 114 cm³/mol. The molecule has 0 aromatic heterocycles. The Morgan fingerprint density at radius 2 is 1.86 bits per heavy atom. The van der Waals surface area contributed by atoms with Gasteiger partial charge in [-0.1, -0.05) is 41.4 Å². The van der Waals surface area contributed by atoms with Crippen LogP contribution in [0.25, 0.3) is 0 Å². The van der Waals surface area contributed by atoms with Gasteiger partial charge in [-0.2, -0.15) is 0 Å². The molecule has 1 aliphatic carbocycles. The van der Waals surface area contributed by atoms with E-state index in [0.717, 1.165) is 49.2 Å². The first-order chi connectivity index (χ1) is 13.6. The largest absolute Gasteiger partial charge is 0.378 e. The van der Waals surface area contributed by atoms with Crippen LogP contribution in [0, 0.1) is 5.92 Å². The minimum Gasteiger partial charge on any atom is -0.378 e. The Hall–Kier alpha value is -1.97. The van der Waals surface area contributed by atoms with Crippen molar-refractivity contribution in [2.75, 3.05) is 18.4 Å². The number of likely N-dealkylation sites (tertiary alicyclic amines) is 1. The first-order valence-electron chi connectivity index (χ1n) is 9.93. The molecule has 2 aromatic rings. The number of carbonyl (C=O) groups is 1. The van der Waals surface area contributed by atoms with Gasteiger partial charge in [-0.25, -0.2) is 0 Å². The normalized spacial score (nSPS) is 25.4. The number of amides is 1. The van der Waals surface area contributed by atoms with E-state index in [1.807, 2.05) is 29.2 Å². The van der Waals surface area contributed by atoms with Gasteiger partial charge in [-0.3, -0.25) is 4.79 Å². The maximum atomic E-state index is 12.8. The number of nitrogens with one attached hydrogen (secondary N) is 1. The lowest BCUT2D eigenvalue weighted by molar-refractivity contribution is 0.0792. The van der Waals surface area contributed by atoms with Crippen molar-refractivity contribution in [2.45, 2.75) is 31.2 Å². The fraction of sp³-hybridized carbons (Fsp3) is 0.348. The summed E-state index contributed by atoms with van der Waals surface area (Å²) in [5.41, 5.74) is 4.17. The molecule has 0 saturated carbocycles. The highest BCUT2D eigenvalue weighted by Crippen LogP contribution is 2.51. The van der Waals surface area contributed by atoms with Crippen molar-refractivity contribution < 1.29 is 4.79 Å². The van der Waals surface area contributed by atoms with Crippen molar-refractivity contribution in [1.82, 2.24) is 4.90 Å². The van der Waals surface area contributed by atoms with E-state index in [4.69, 9.17) is 23.2 Å². The summed E-state index contributed by atoms with van der Waals surface area (Å²) in [6.45, 7) is 1.74. The molecule has 3 nitrogen and oxygen atoms in total. The van der Waals surface area contributed by atoms with Crippen LogP contribution in [0.15, 0.2) is 48.6 Å².